The van der Waals surface area contributed by atoms with Crippen LogP contribution in [-0.4, -0.2) is 37.4 Å². The van der Waals surface area contributed by atoms with Crippen LogP contribution in [0.25, 0.3) is 0 Å². The number of thioether (sulfide) groups is 1. The van der Waals surface area contributed by atoms with Gasteiger partial charge in [0, 0.05) is 11.4 Å². The fraction of sp³-hybridized carbons (Fsp3) is 0.300. The van der Waals surface area contributed by atoms with Gasteiger partial charge in [-0.1, -0.05) is 29.8 Å². The lowest BCUT2D eigenvalue weighted by molar-refractivity contribution is -0.144. The zero-order chi connectivity index (χ0) is 18.4. The zero-order valence-electron chi connectivity index (χ0n) is 14.6. The first-order valence-electron chi connectivity index (χ1n) is 8.51. The number of aryl methyl sites for hydroxylation is 1. The van der Waals surface area contributed by atoms with Gasteiger partial charge in [-0.2, -0.15) is 0 Å². The summed E-state index contributed by atoms with van der Waals surface area (Å²) in [6, 6.07) is 15.4. The summed E-state index contributed by atoms with van der Waals surface area (Å²) in [6.45, 7) is 2.83. The Morgan fingerprint density at radius 2 is 1.88 bits per heavy atom. The van der Waals surface area contributed by atoms with Crippen LogP contribution in [0.4, 0.5) is 5.69 Å². The quantitative estimate of drug-likeness (QED) is 0.551. The van der Waals surface area contributed by atoms with Gasteiger partial charge in [-0.15, -0.1) is 11.8 Å². The molecule has 6 heteroatoms. The molecule has 0 unspecified atom stereocenters. The van der Waals surface area contributed by atoms with Crippen LogP contribution >= 0.6 is 11.8 Å². The van der Waals surface area contributed by atoms with Crippen molar-refractivity contribution in [1.82, 2.24) is 0 Å². The standard InChI is InChI=1S/C20H21NO4S/c1-15-6-8-16(9-7-15)24-12-13-25-20(23)10-11-21-17-4-2-3-5-18(17)26-14-19(21)22/h2-9H,10-14H2,1H3. The van der Waals surface area contributed by atoms with E-state index in [4.69, 9.17) is 9.47 Å². The average molecular weight is 371 g/mol. The summed E-state index contributed by atoms with van der Waals surface area (Å²) in [5, 5.41) is 0. The lowest BCUT2D eigenvalue weighted by Gasteiger charge is -2.28. The first-order chi connectivity index (χ1) is 12.6. The van der Waals surface area contributed by atoms with Crippen LogP contribution in [0, 0.1) is 6.92 Å². The van der Waals surface area contributed by atoms with Crippen molar-refractivity contribution in [1.29, 1.82) is 0 Å². The summed E-state index contributed by atoms with van der Waals surface area (Å²) in [4.78, 5) is 26.8. The number of esters is 1. The second-order valence-electron chi connectivity index (χ2n) is 5.93. The lowest BCUT2D eigenvalue weighted by Crippen LogP contribution is -2.37. The number of para-hydroxylation sites is 1. The van der Waals surface area contributed by atoms with Crippen LogP contribution in [0.5, 0.6) is 5.75 Å². The van der Waals surface area contributed by atoms with E-state index in [1.807, 2.05) is 55.5 Å². The number of rotatable bonds is 7. The van der Waals surface area contributed by atoms with Crippen molar-refractivity contribution in [2.24, 2.45) is 0 Å². The molecule has 1 aliphatic rings. The number of carbonyl (C=O) groups is 2. The van der Waals surface area contributed by atoms with Crippen LogP contribution in [0.2, 0.25) is 0 Å². The summed E-state index contributed by atoms with van der Waals surface area (Å²) in [5.74, 6) is 0.834. The first-order valence-corrected chi connectivity index (χ1v) is 9.49. The molecule has 26 heavy (non-hydrogen) atoms. The Morgan fingerprint density at radius 3 is 2.69 bits per heavy atom. The second-order valence-corrected chi connectivity index (χ2v) is 6.95. The average Bonchev–Trinajstić information content (AvgIpc) is 2.66. The number of ether oxygens (including phenoxy) is 2. The van der Waals surface area contributed by atoms with Gasteiger partial charge in [-0.05, 0) is 31.2 Å². The molecule has 3 rings (SSSR count). The third-order valence-corrected chi connectivity index (χ3v) is 5.03. The van der Waals surface area contributed by atoms with Crippen LogP contribution in [0.1, 0.15) is 12.0 Å². The molecule has 136 valence electrons. The Labute approximate surface area is 157 Å². The minimum absolute atomic E-state index is 0.0178. The van der Waals surface area contributed by atoms with E-state index >= 15 is 0 Å². The number of anilines is 1. The van der Waals surface area contributed by atoms with Gasteiger partial charge in [0.05, 0.1) is 17.9 Å². The Hall–Kier alpha value is -2.47. The second kappa shape index (κ2) is 8.76. The van der Waals surface area contributed by atoms with E-state index < -0.39 is 0 Å². The van der Waals surface area contributed by atoms with Gasteiger partial charge in [-0.25, -0.2) is 0 Å². The molecule has 0 saturated heterocycles. The van der Waals surface area contributed by atoms with Crippen molar-refractivity contribution in [2.75, 3.05) is 30.4 Å². The monoisotopic (exact) mass is 371 g/mol. The van der Waals surface area contributed by atoms with Crippen molar-refractivity contribution < 1.29 is 19.1 Å². The molecule has 2 aromatic carbocycles. The van der Waals surface area contributed by atoms with Crippen molar-refractivity contribution in [3.05, 3.63) is 54.1 Å². The van der Waals surface area contributed by atoms with E-state index in [-0.39, 0.29) is 24.9 Å². The highest BCUT2D eigenvalue weighted by Gasteiger charge is 2.24. The van der Waals surface area contributed by atoms with E-state index in [1.54, 1.807) is 4.90 Å². The number of carbonyl (C=O) groups excluding carboxylic acids is 2. The zero-order valence-corrected chi connectivity index (χ0v) is 15.5. The number of amides is 1. The van der Waals surface area contributed by atoms with Crippen molar-refractivity contribution in [3.8, 4) is 5.75 Å². The molecule has 0 fully saturated rings. The summed E-state index contributed by atoms with van der Waals surface area (Å²) < 4.78 is 10.7. The number of hydrogen-bond acceptors (Lipinski definition) is 5. The van der Waals surface area contributed by atoms with E-state index in [2.05, 4.69) is 0 Å². The van der Waals surface area contributed by atoms with E-state index in [1.165, 1.54) is 11.8 Å². The molecular formula is C20H21NO4S. The largest absolute Gasteiger partial charge is 0.490 e. The highest BCUT2D eigenvalue weighted by atomic mass is 32.2. The molecule has 0 saturated carbocycles. The maximum absolute atomic E-state index is 12.1. The maximum Gasteiger partial charge on any atom is 0.307 e. The summed E-state index contributed by atoms with van der Waals surface area (Å²) in [7, 11) is 0. The third-order valence-electron chi connectivity index (χ3n) is 3.98. The van der Waals surface area contributed by atoms with Crippen LogP contribution in [0.15, 0.2) is 53.4 Å². The lowest BCUT2D eigenvalue weighted by atomic mass is 10.2. The normalized spacial score (nSPS) is 13.3. The molecular weight excluding hydrogens is 350 g/mol. The Balaban J connectivity index is 1.41. The van der Waals surface area contributed by atoms with E-state index in [9.17, 15) is 9.59 Å². The predicted octanol–water partition coefficient (Wildman–Crippen LogP) is 3.45. The molecule has 0 spiro atoms. The Kier molecular flexibility index (Phi) is 6.17. The third kappa shape index (κ3) is 4.79. The van der Waals surface area contributed by atoms with Crippen LogP contribution in [0.3, 0.4) is 0 Å². The van der Waals surface area contributed by atoms with E-state index in [0.29, 0.717) is 18.9 Å². The van der Waals surface area contributed by atoms with Gasteiger partial charge in [-0.3, -0.25) is 9.59 Å². The molecule has 1 amide bonds. The minimum Gasteiger partial charge on any atom is -0.490 e. The number of nitrogens with zero attached hydrogens (tertiary/aromatic N) is 1. The SMILES string of the molecule is Cc1ccc(OCCOC(=O)CCN2C(=O)CSc3ccccc32)cc1. The number of benzene rings is 2. The number of fused-ring (bicyclic) bond motifs is 1. The highest BCUT2D eigenvalue weighted by molar-refractivity contribution is 8.00. The molecule has 1 heterocycles. The summed E-state index contributed by atoms with van der Waals surface area (Å²) in [6.07, 6.45) is 0.162. The topological polar surface area (TPSA) is 55.8 Å². The molecule has 0 aromatic heterocycles. The molecule has 5 nitrogen and oxygen atoms in total. The van der Waals surface area contributed by atoms with Crippen molar-refractivity contribution >= 4 is 29.3 Å². The van der Waals surface area contributed by atoms with Crippen molar-refractivity contribution in [2.45, 2.75) is 18.2 Å². The fourth-order valence-electron chi connectivity index (χ4n) is 2.62. The molecule has 2 aromatic rings. The molecule has 0 atom stereocenters. The van der Waals surface area contributed by atoms with Gasteiger partial charge in [0.15, 0.2) is 0 Å². The van der Waals surface area contributed by atoms with Gasteiger partial charge >= 0.3 is 5.97 Å². The van der Waals surface area contributed by atoms with Crippen LogP contribution in [-0.2, 0) is 14.3 Å². The maximum atomic E-state index is 12.1. The van der Waals surface area contributed by atoms with Gasteiger partial charge < -0.3 is 14.4 Å². The molecule has 0 bridgehead atoms. The summed E-state index contributed by atoms with van der Waals surface area (Å²) >= 11 is 1.53. The molecule has 0 N–H and O–H groups in total. The van der Waals surface area contributed by atoms with Gasteiger partial charge in [0.1, 0.15) is 19.0 Å². The smallest absolute Gasteiger partial charge is 0.307 e. The minimum atomic E-state index is -0.332. The van der Waals surface area contributed by atoms with Crippen LogP contribution < -0.4 is 9.64 Å². The fourth-order valence-corrected chi connectivity index (χ4v) is 3.56. The Bertz CT molecular complexity index is 776. The first kappa shape index (κ1) is 18.3. The van der Waals surface area contributed by atoms with Gasteiger partial charge in [0.25, 0.3) is 0 Å². The Morgan fingerprint density at radius 1 is 1.12 bits per heavy atom. The molecule has 0 aliphatic carbocycles. The van der Waals surface area contributed by atoms with E-state index in [0.717, 1.165) is 21.9 Å². The van der Waals surface area contributed by atoms with Crippen molar-refractivity contribution in [3.63, 3.8) is 0 Å². The molecule has 1 aliphatic heterocycles. The predicted molar refractivity (Wildman–Crippen MR) is 102 cm³/mol. The summed E-state index contributed by atoms with van der Waals surface area (Å²) in [5.41, 5.74) is 2.03. The number of hydrogen-bond donors (Lipinski definition) is 0. The highest BCUT2D eigenvalue weighted by Crippen LogP contribution is 2.34. The molecule has 0 radical (unpaired) electrons. The van der Waals surface area contributed by atoms with Gasteiger partial charge in [0.2, 0.25) is 5.91 Å².